The monoisotopic (exact) mass is 326 g/mol. The lowest BCUT2D eigenvalue weighted by Crippen LogP contribution is -2.43. The maximum Gasteiger partial charge on any atom is 0.335 e. The third-order valence-electron chi connectivity index (χ3n) is 7.85. The molecule has 3 unspecified atom stereocenters. The molecule has 0 spiro atoms. The fraction of sp³-hybridized carbons (Fsp3) is 0.682. The molecule has 2 heteroatoms. The van der Waals surface area contributed by atoms with Gasteiger partial charge in [0, 0.05) is 0 Å². The Morgan fingerprint density at radius 3 is 2.71 bits per heavy atom. The Morgan fingerprint density at radius 2 is 2.00 bits per heavy atom. The Bertz CT molecular complexity index is 662. The van der Waals surface area contributed by atoms with E-state index in [4.69, 9.17) is 0 Å². The third kappa shape index (κ3) is 2.25. The smallest absolute Gasteiger partial charge is 0.335 e. The maximum atomic E-state index is 11.3. The molecule has 0 heterocycles. The van der Waals surface area contributed by atoms with E-state index in [-0.39, 0.29) is 0 Å². The Kier molecular flexibility index (Phi) is 3.78. The standard InChI is InChI=1S/C22H30O2/c1-13(2)19-8-9-20-18-7-4-14-12-15(21(23)24)5-6-16(14)17(18)10-11-22(19,20)3/h5-6,12-13,17-20H,4,7-11H2,1-3H3,(H,23,24)/t17?,18?,19-,20?,22-/m1/s1. The van der Waals surface area contributed by atoms with Crippen LogP contribution in [0.5, 0.6) is 0 Å². The van der Waals surface area contributed by atoms with Gasteiger partial charge in [0.05, 0.1) is 5.56 Å². The molecule has 130 valence electrons. The van der Waals surface area contributed by atoms with Crippen LogP contribution in [0, 0.1) is 29.1 Å². The summed E-state index contributed by atoms with van der Waals surface area (Å²) in [6, 6.07) is 5.89. The third-order valence-corrected chi connectivity index (χ3v) is 7.85. The molecule has 0 saturated heterocycles. The van der Waals surface area contributed by atoms with Gasteiger partial charge in [-0.15, -0.1) is 0 Å². The maximum absolute atomic E-state index is 11.3. The number of hydrogen-bond donors (Lipinski definition) is 1. The molecule has 3 aliphatic carbocycles. The molecule has 2 fully saturated rings. The molecular weight excluding hydrogens is 296 g/mol. The number of aryl methyl sites for hydroxylation is 1. The lowest BCUT2D eigenvalue weighted by Gasteiger charge is -2.51. The van der Waals surface area contributed by atoms with Crippen molar-refractivity contribution < 1.29 is 9.90 Å². The van der Waals surface area contributed by atoms with E-state index in [0.29, 0.717) is 16.9 Å². The van der Waals surface area contributed by atoms with E-state index in [0.717, 1.165) is 30.1 Å². The quantitative estimate of drug-likeness (QED) is 0.777. The fourth-order valence-corrected chi connectivity index (χ4v) is 6.85. The number of benzene rings is 1. The number of fused-ring (bicyclic) bond motifs is 5. The molecule has 0 bridgehead atoms. The minimum absolute atomic E-state index is 0.452. The summed E-state index contributed by atoms with van der Waals surface area (Å²) in [6.07, 6.45) is 7.78. The summed E-state index contributed by atoms with van der Waals surface area (Å²) < 4.78 is 0. The summed E-state index contributed by atoms with van der Waals surface area (Å²) in [4.78, 5) is 11.3. The molecule has 0 radical (unpaired) electrons. The minimum atomic E-state index is -0.799. The highest BCUT2D eigenvalue weighted by Gasteiger charge is 2.55. The highest BCUT2D eigenvalue weighted by atomic mass is 16.4. The fourth-order valence-electron chi connectivity index (χ4n) is 6.85. The van der Waals surface area contributed by atoms with Crippen molar-refractivity contribution in [2.75, 3.05) is 0 Å². The Labute approximate surface area is 145 Å². The summed E-state index contributed by atoms with van der Waals surface area (Å²) in [5.41, 5.74) is 3.76. The summed E-state index contributed by atoms with van der Waals surface area (Å²) in [5, 5.41) is 9.26. The highest BCUT2D eigenvalue weighted by molar-refractivity contribution is 5.88. The van der Waals surface area contributed by atoms with E-state index in [1.54, 1.807) is 0 Å². The Morgan fingerprint density at radius 1 is 1.21 bits per heavy atom. The summed E-state index contributed by atoms with van der Waals surface area (Å²) in [6.45, 7) is 7.40. The molecule has 5 atom stereocenters. The predicted molar refractivity (Wildman–Crippen MR) is 96.3 cm³/mol. The number of rotatable bonds is 2. The van der Waals surface area contributed by atoms with Crippen LogP contribution in [0.2, 0.25) is 0 Å². The SMILES string of the molecule is CC(C)[C@H]1CCC2C3CCc4cc(C(=O)O)ccc4C3CC[C@@]21C. The van der Waals surface area contributed by atoms with Gasteiger partial charge in [-0.05, 0) is 96.8 Å². The number of carbonyl (C=O) groups is 1. The van der Waals surface area contributed by atoms with Gasteiger partial charge in [0.1, 0.15) is 0 Å². The van der Waals surface area contributed by atoms with Gasteiger partial charge in [-0.25, -0.2) is 4.79 Å². The second-order valence-corrected chi connectivity index (χ2v) is 9.11. The molecule has 1 aromatic rings. The van der Waals surface area contributed by atoms with E-state index in [1.807, 2.05) is 12.1 Å². The number of carboxylic acids is 1. The first kappa shape index (κ1) is 16.2. The van der Waals surface area contributed by atoms with Gasteiger partial charge in [0.2, 0.25) is 0 Å². The van der Waals surface area contributed by atoms with Gasteiger partial charge >= 0.3 is 5.97 Å². The topological polar surface area (TPSA) is 37.3 Å². The van der Waals surface area contributed by atoms with E-state index >= 15 is 0 Å². The number of aromatic carboxylic acids is 1. The second kappa shape index (κ2) is 5.61. The van der Waals surface area contributed by atoms with Crippen LogP contribution in [0.4, 0.5) is 0 Å². The summed E-state index contributed by atoms with van der Waals surface area (Å²) in [7, 11) is 0. The van der Waals surface area contributed by atoms with Crippen LogP contribution in [-0.4, -0.2) is 11.1 Å². The molecular formula is C22H30O2. The number of carboxylic acid groups (broad SMARTS) is 1. The van der Waals surface area contributed by atoms with E-state index in [1.165, 1.54) is 43.2 Å². The van der Waals surface area contributed by atoms with E-state index in [9.17, 15) is 9.90 Å². The van der Waals surface area contributed by atoms with Gasteiger partial charge in [-0.3, -0.25) is 0 Å². The van der Waals surface area contributed by atoms with Crippen LogP contribution < -0.4 is 0 Å². The van der Waals surface area contributed by atoms with Crippen molar-refractivity contribution in [1.29, 1.82) is 0 Å². The molecule has 1 N–H and O–H groups in total. The van der Waals surface area contributed by atoms with Crippen molar-refractivity contribution in [2.45, 2.75) is 65.2 Å². The lowest BCUT2D eigenvalue weighted by molar-refractivity contribution is 0.0141. The Hall–Kier alpha value is -1.31. The molecule has 3 aliphatic rings. The van der Waals surface area contributed by atoms with Gasteiger partial charge in [0.15, 0.2) is 0 Å². The first-order chi connectivity index (χ1) is 11.4. The highest BCUT2D eigenvalue weighted by Crippen LogP contribution is 2.64. The molecule has 1 aromatic carbocycles. The zero-order valence-corrected chi connectivity index (χ0v) is 15.2. The van der Waals surface area contributed by atoms with Crippen molar-refractivity contribution in [1.82, 2.24) is 0 Å². The zero-order chi connectivity index (χ0) is 17.1. The van der Waals surface area contributed by atoms with Gasteiger partial charge in [0.25, 0.3) is 0 Å². The molecule has 4 rings (SSSR count). The van der Waals surface area contributed by atoms with Gasteiger partial charge in [-0.1, -0.05) is 26.8 Å². The minimum Gasteiger partial charge on any atom is -0.478 e. The molecule has 0 amide bonds. The van der Waals surface area contributed by atoms with Crippen molar-refractivity contribution in [3.63, 3.8) is 0 Å². The van der Waals surface area contributed by atoms with Crippen LogP contribution in [0.1, 0.15) is 80.3 Å². The largest absolute Gasteiger partial charge is 0.478 e. The van der Waals surface area contributed by atoms with E-state index in [2.05, 4.69) is 26.8 Å². The van der Waals surface area contributed by atoms with Crippen molar-refractivity contribution >= 4 is 5.97 Å². The van der Waals surface area contributed by atoms with Crippen LogP contribution in [0.25, 0.3) is 0 Å². The van der Waals surface area contributed by atoms with Crippen molar-refractivity contribution in [2.24, 2.45) is 29.1 Å². The van der Waals surface area contributed by atoms with Crippen molar-refractivity contribution in [3.8, 4) is 0 Å². The zero-order valence-electron chi connectivity index (χ0n) is 15.2. The second-order valence-electron chi connectivity index (χ2n) is 9.11. The number of hydrogen-bond acceptors (Lipinski definition) is 1. The average molecular weight is 326 g/mol. The first-order valence-electron chi connectivity index (χ1n) is 9.78. The van der Waals surface area contributed by atoms with Crippen molar-refractivity contribution in [3.05, 3.63) is 34.9 Å². The van der Waals surface area contributed by atoms with Gasteiger partial charge in [-0.2, -0.15) is 0 Å². The summed E-state index contributed by atoms with van der Waals surface area (Å²) in [5.74, 6) is 3.24. The van der Waals surface area contributed by atoms with Crippen LogP contribution in [0.15, 0.2) is 18.2 Å². The molecule has 0 aromatic heterocycles. The normalized spacial score (nSPS) is 37.7. The van der Waals surface area contributed by atoms with Crippen LogP contribution in [-0.2, 0) is 6.42 Å². The lowest BCUT2D eigenvalue weighted by atomic mass is 9.53. The molecule has 2 nitrogen and oxygen atoms in total. The molecule has 24 heavy (non-hydrogen) atoms. The van der Waals surface area contributed by atoms with E-state index < -0.39 is 5.97 Å². The van der Waals surface area contributed by atoms with Crippen LogP contribution >= 0.6 is 0 Å². The average Bonchev–Trinajstić information content (AvgIpc) is 2.91. The first-order valence-corrected chi connectivity index (χ1v) is 9.78. The van der Waals surface area contributed by atoms with Gasteiger partial charge < -0.3 is 5.11 Å². The Balaban J connectivity index is 1.66. The predicted octanol–water partition coefficient (Wildman–Crippen LogP) is 5.51. The molecule has 0 aliphatic heterocycles. The van der Waals surface area contributed by atoms with Crippen LogP contribution in [0.3, 0.4) is 0 Å². The molecule has 2 saturated carbocycles. The summed E-state index contributed by atoms with van der Waals surface area (Å²) >= 11 is 0.